The number of aliphatic carboxylic acids is 1. The lowest BCUT2D eigenvalue weighted by molar-refractivity contribution is -0.137. The van der Waals surface area contributed by atoms with Crippen LogP contribution in [-0.4, -0.2) is 62.8 Å². The zero-order valence-corrected chi connectivity index (χ0v) is 20.4. The fourth-order valence-electron chi connectivity index (χ4n) is 3.19. The fraction of sp³-hybridized carbons (Fsp3) is 0.136. The molecule has 0 saturated carbocycles. The number of carboxylic acid groups (broad SMARTS) is 1. The normalized spacial score (nSPS) is 11.2. The van der Waals surface area contributed by atoms with Crippen molar-refractivity contribution in [3.63, 3.8) is 0 Å². The lowest BCUT2D eigenvalue weighted by atomic mass is 10.1. The minimum Gasteiger partial charge on any atom is -0.480 e. The first-order valence-electron chi connectivity index (χ1n) is 10.4. The van der Waals surface area contributed by atoms with Gasteiger partial charge < -0.3 is 15.7 Å². The molecular formula is C22H20N6O6S2. The summed E-state index contributed by atoms with van der Waals surface area (Å²) in [5.41, 5.74) is 2.90. The SMILES string of the molecule is CS(=O)(=O)n1ccc(C(=O)NCC(=O)Nc2nc(-c3cccc(-c4ccn(CC(=O)O)n4)c3)cs2)c1. The van der Waals surface area contributed by atoms with Gasteiger partial charge in [-0.3, -0.25) is 23.0 Å². The number of nitrogens with zero attached hydrogens (tertiary/aromatic N) is 4. The molecule has 0 radical (unpaired) electrons. The zero-order valence-electron chi connectivity index (χ0n) is 18.8. The largest absolute Gasteiger partial charge is 0.480 e. The average molecular weight is 529 g/mol. The Morgan fingerprint density at radius 1 is 1.08 bits per heavy atom. The number of benzene rings is 1. The average Bonchev–Trinajstić information content (AvgIpc) is 3.58. The van der Waals surface area contributed by atoms with E-state index in [1.54, 1.807) is 17.6 Å². The summed E-state index contributed by atoms with van der Waals surface area (Å²) in [5.74, 6) is -2.07. The first-order valence-corrected chi connectivity index (χ1v) is 13.1. The number of carboxylic acids is 1. The van der Waals surface area contributed by atoms with Crippen LogP contribution in [0.25, 0.3) is 22.5 Å². The van der Waals surface area contributed by atoms with Crippen LogP contribution in [0.1, 0.15) is 10.4 Å². The van der Waals surface area contributed by atoms with Crippen LogP contribution < -0.4 is 10.6 Å². The van der Waals surface area contributed by atoms with Crippen molar-refractivity contribution in [1.82, 2.24) is 24.1 Å². The minimum absolute atomic E-state index is 0.109. The van der Waals surface area contributed by atoms with Gasteiger partial charge in [-0.1, -0.05) is 18.2 Å². The quantitative estimate of drug-likeness (QED) is 0.295. The van der Waals surface area contributed by atoms with Gasteiger partial charge in [-0.25, -0.2) is 13.4 Å². The maximum absolute atomic E-state index is 12.3. The van der Waals surface area contributed by atoms with Gasteiger partial charge in [0.15, 0.2) is 5.13 Å². The summed E-state index contributed by atoms with van der Waals surface area (Å²) < 4.78 is 25.3. The van der Waals surface area contributed by atoms with Crippen molar-refractivity contribution < 1.29 is 27.9 Å². The Morgan fingerprint density at radius 3 is 2.53 bits per heavy atom. The Balaban J connectivity index is 1.36. The number of hydrogen-bond acceptors (Lipinski definition) is 8. The molecule has 12 nitrogen and oxygen atoms in total. The molecule has 4 rings (SSSR count). The second-order valence-electron chi connectivity index (χ2n) is 7.63. The van der Waals surface area contributed by atoms with E-state index >= 15 is 0 Å². The minimum atomic E-state index is -3.51. The zero-order chi connectivity index (χ0) is 25.9. The van der Waals surface area contributed by atoms with Crippen LogP contribution >= 0.6 is 11.3 Å². The van der Waals surface area contributed by atoms with Crippen molar-refractivity contribution in [3.8, 4) is 22.5 Å². The monoisotopic (exact) mass is 528 g/mol. The molecule has 186 valence electrons. The Labute approximate surface area is 209 Å². The first kappa shape index (κ1) is 24.8. The van der Waals surface area contributed by atoms with E-state index in [0.717, 1.165) is 21.4 Å². The van der Waals surface area contributed by atoms with E-state index in [1.165, 1.54) is 34.5 Å². The smallest absolute Gasteiger partial charge is 0.325 e. The molecule has 4 aromatic rings. The predicted octanol–water partition coefficient (Wildman–Crippen LogP) is 1.74. The summed E-state index contributed by atoms with van der Waals surface area (Å²) in [6, 6.07) is 10.4. The molecule has 1 aromatic carbocycles. The second-order valence-corrected chi connectivity index (χ2v) is 10.4. The molecule has 0 aliphatic heterocycles. The van der Waals surface area contributed by atoms with Crippen LogP contribution in [0.5, 0.6) is 0 Å². The molecule has 3 aromatic heterocycles. The van der Waals surface area contributed by atoms with Gasteiger partial charge in [0, 0.05) is 35.1 Å². The molecule has 0 aliphatic carbocycles. The first-order chi connectivity index (χ1) is 17.1. The number of aromatic nitrogens is 4. The number of hydrogen-bond donors (Lipinski definition) is 3. The third-order valence-electron chi connectivity index (χ3n) is 4.86. The highest BCUT2D eigenvalue weighted by Gasteiger charge is 2.14. The molecule has 14 heteroatoms. The van der Waals surface area contributed by atoms with Crippen molar-refractivity contribution in [1.29, 1.82) is 0 Å². The van der Waals surface area contributed by atoms with Gasteiger partial charge in [0.25, 0.3) is 5.91 Å². The highest BCUT2D eigenvalue weighted by molar-refractivity contribution is 7.89. The highest BCUT2D eigenvalue weighted by atomic mass is 32.2. The summed E-state index contributed by atoms with van der Waals surface area (Å²) >= 11 is 1.21. The van der Waals surface area contributed by atoms with Gasteiger partial charge in [-0.05, 0) is 18.2 Å². The number of thiazole rings is 1. The molecule has 36 heavy (non-hydrogen) atoms. The van der Waals surface area contributed by atoms with Crippen LogP contribution in [0.3, 0.4) is 0 Å². The molecule has 2 amide bonds. The molecule has 0 saturated heterocycles. The Hall–Kier alpha value is -4.30. The third-order valence-corrected chi connectivity index (χ3v) is 6.62. The van der Waals surface area contributed by atoms with E-state index in [9.17, 15) is 22.8 Å². The summed E-state index contributed by atoms with van der Waals surface area (Å²) in [7, 11) is -3.51. The molecule has 0 bridgehead atoms. The van der Waals surface area contributed by atoms with Gasteiger partial charge >= 0.3 is 5.97 Å². The van der Waals surface area contributed by atoms with Crippen molar-refractivity contribution >= 4 is 44.3 Å². The lowest BCUT2D eigenvalue weighted by Gasteiger charge is -2.04. The predicted molar refractivity (Wildman–Crippen MR) is 132 cm³/mol. The van der Waals surface area contributed by atoms with Crippen LogP contribution in [-0.2, 0) is 26.2 Å². The van der Waals surface area contributed by atoms with Crippen molar-refractivity contribution in [2.75, 3.05) is 18.1 Å². The second kappa shape index (κ2) is 10.1. The van der Waals surface area contributed by atoms with Crippen LogP contribution in [0, 0.1) is 0 Å². The molecule has 0 unspecified atom stereocenters. The molecule has 0 fully saturated rings. The van der Waals surface area contributed by atoms with Crippen molar-refractivity contribution in [2.24, 2.45) is 0 Å². The molecule has 3 N–H and O–H groups in total. The fourth-order valence-corrected chi connectivity index (χ4v) is 4.51. The summed E-state index contributed by atoms with van der Waals surface area (Å²) in [5, 5.41) is 20.3. The van der Waals surface area contributed by atoms with Crippen molar-refractivity contribution in [2.45, 2.75) is 6.54 Å². The van der Waals surface area contributed by atoms with Crippen LogP contribution in [0.2, 0.25) is 0 Å². The van der Waals surface area contributed by atoms with E-state index in [1.807, 2.05) is 24.3 Å². The van der Waals surface area contributed by atoms with Crippen molar-refractivity contribution in [3.05, 3.63) is 65.9 Å². The summed E-state index contributed by atoms with van der Waals surface area (Å²) in [6.07, 6.45) is 5.02. The van der Waals surface area contributed by atoms with Crippen LogP contribution in [0.4, 0.5) is 5.13 Å². The Kier molecular flexibility index (Phi) is 6.98. The number of amides is 2. The standard InChI is InChI=1S/C22H20N6O6S2/c1-36(33,34)28-8-5-16(11-28)21(32)23-10-19(29)25-22-24-18(13-35-22)15-4-2-3-14(9-15)17-6-7-27(26-17)12-20(30)31/h2-9,11,13H,10,12H2,1H3,(H,23,32)(H,30,31)(H,24,25,29). The van der Waals surface area contributed by atoms with E-state index < -0.39 is 27.8 Å². The molecule has 0 aliphatic rings. The van der Waals surface area contributed by atoms with Gasteiger partial charge in [-0.15, -0.1) is 11.3 Å². The van der Waals surface area contributed by atoms with Gasteiger partial charge in [-0.2, -0.15) is 5.10 Å². The summed E-state index contributed by atoms with van der Waals surface area (Å²) in [6.45, 7) is -0.561. The van der Waals surface area contributed by atoms with E-state index in [2.05, 4.69) is 20.7 Å². The number of carbonyl (C=O) groups is 3. The lowest BCUT2D eigenvalue weighted by Crippen LogP contribution is -2.32. The maximum Gasteiger partial charge on any atom is 0.325 e. The Bertz CT molecular complexity index is 1550. The molecule has 3 heterocycles. The highest BCUT2D eigenvalue weighted by Crippen LogP contribution is 2.28. The molecule has 0 atom stereocenters. The van der Waals surface area contributed by atoms with E-state index in [4.69, 9.17) is 5.11 Å². The van der Waals surface area contributed by atoms with Gasteiger partial charge in [0.05, 0.1) is 29.8 Å². The molecule has 0 spiro atoms. The number of rotatable bonds is 9. The van der Waals surface area contributed by atoms with Gasteiger partial charge in [0.1, 0.15) is 6.54 Å². The number of anilines is 1. The number of nitrogens with one attached hydrogen (secondary N) is 2. The Morgan fingerprint density at radius 2 is 1.83 bits per heavy atom. The van der Waals surface area contributed by atoms with E-state index in [-0.39, 0.29) is 18.7 Å². The summed E-state index contributed by atoms with van der Waals surface area (Å²) in [4.78, 5) is 39.7. The van der Waals surface area contributed by atoms with Crippen LogP contribution in [0.15, 0.2) is 60.4 Å². The van der Waals surface area contributed by atoms with Gasteiger partial charge in [0.2, 0.25) is 15.9 Å². The molecular weight excluding hydrogens is 508 g/mol. The topological polar surface area (TPSA) is 165 Å². The number of carbonyl (C=O) groups excluding carboxylic acids is 2. The van der Waals surface area contributed by atoms with E-state index in [0.29, 0.717) is 16.5 Å². The third kappa shape index (κ3) is 6.03. The maximum atomic E-state index is 12.3.